The minimum absolute atomic E-state index is 0.0714. The van der Waals surface area contributed by atoms with Gasteiger partial charge in [0.05, 0.1) is 4.90 Å². The number of nitrogens with zero attached hydrogens (tertiary/aromatic N) is 1. The summed E-state index contributed by atoms with van der Waals surface area (Å²) < 4.78 is 27.2. The molecule has 1 heterocycles. The van der Waals surface area contributed by atoms with Gasteiger partial charge in [-0.1, -0.05) is 19.1 Å². The average Bonchev–Trinajstić information content (AvgIpc) is 2.81. The minimum atomic E-state index is -3.41. The predicted molar refractivity (Wildman–Crippen MR) is 79.0 cm³/mol. The van der Waals surface area contributed by atoms with E-state index >= 15 is 0 Å². The number of hydrogen-bond donors (Lipinski definition) is 1. The molecule has 1 aliphatic heterocycles. The van der Waals surface area contributed by atoms with E-state index in [9.17, 15) is 8.42 Å². The third-order valence-electron chi connectivity index (χ3n) is 4.08. The van der Waals surface area contributed by atoms with Crippen LogP contribution in [0.5, 0.6) is 0 Å². The van der Waals surface area contributed by atoms with Crippen molar-refractivity contribution in [1.82, 2.24) is 4.31 Å². The molecule has 0 aliphatic carbocycles. The lowest BCUT2D eigenvalue weighted by atomic mass is 10.2. The quantitative estimate of drug-likeness (QED) is 0.906. The molecule has 2 atom stereocenters. The van der Waals surface area contributed by atoms with Crippen LogP contribution < -0.4 is 0 Å². The van der Waals surface area contributed by atoms with E-state index in [2.05, 4.69) is 0 Å². The molecule has 0 bridgehead atoms. The summed E-state index contributed by atoms with van der Waals surface area (Å²) in [6.07, 6.45) is 3.28. The summed E-state index contributed by atoms with van der Waals surface area (Å²) in [6, 6.07) is 7.06. The molecule has 0 amide bonds. The van der Waals surface area contributed by atoms with Crippen molar-refractivity contribution in [3.05, 3.63) is 29.8 Å². The van der Waals surface area contributed by atoms with Crippen LogP contribution in [-0.2, 0) is 16.4 Å². The van der Waals surface area contributed by atoms with Crippen LogP contribution >= 0.6 is 0 Å². The first-order chi connectivity index (χ1) is 9.50. The highest BCUT2D eigenvalue weighted by molar-refractivity contribution is 7.89. The lowest BCUT2D eigenvalue weighted by Gasteiger charge is -2.27. The fourth-order valence-corrected chi connectivity index (χ4v) is 4.89. The van der Waals surface area contributed by atoms with Crippen molar-refractivity contribution in [2.45, 2.75) is 56.5 Å². The maximum absolute atomic E-state index is 12.8. The first-order valence-corrected chi connectivity index (χ1v) is 8.68. The van der Waals surface area contributed by atoms with Crippen LogP contribution in [0.4, 0.5) is 0 Å². The molecular weight excluding hydrogens is 274 g/mol. The van der Waals surface area contributed by atoms with Crippen molar-refractivity contribution in [3.63, 3.8) is 0 Å². The maximum atomic E-state index is 12.8. The molecule has 0 saturated carbocycles. The first kappa shape index (κ1) is 15.5. The zero-order chi connectivity index (χ0) is 14.8. The van der Waals surface area contributed by atoms with Gasteiger partial charge in [0.15, 0.2) is 0 Å². The van der Waals surface area contributed by atoms with Crippen LogP contribution in [0.3, 0.4) is 0 Å². The summed E-state index contributed by atoms with van der Waals surface area (Å²) in [5.41, 5.74) is 0.952. The van der Waals surface area contributed by atoms with E-state index in [1.54, 1.807) is 28.6 Å². The Hall–Kier alpha value is -0.910. The normalized spacial score (nSPS) is 24.1. The summed E-state index contributed by atoms with van der Waals surface area (Å²) >= 11 is 0. The van der Waals surface area contributed by atoms with Gasteiger partial charge in [-0.15, -0.1) is 0 Å². The Morgan fingerprint density at radius 3 is 2.45 bits per heavy atom. The van der Waals surface area contributed by atoms with Crippen LogP contribution in [0.1, 0.15) is 38.7 Å². The van der Waals surface area contributed by atoms with Crippen molar-refractivity contribution in [3.8, 4) is 0 Å². The molecule has 1 N–H and O–H groups in total. The second kappa shape index (κ2) is 6.24. The van der Waals surface area contributed by atoms with E-state index in [1.165, 1.54) is 0 Å². The molecule has 112 valence electrons. The molecule has 1 aliphatic rings. The molecule has 0 radical (unpaired) electrons. The second-order valence-corrected chi connectivity index (χ2v) is 7.28. The molecule has 5 heteroatoms. The monoisotopic (exact) mass is 297 g/mol. The van der Waals surface area contributed by atoms with E-state index in [-0.39, 0.29) is 18.7 Å². The molecule has 1 aromatic rings. The van der Waals surface area contributed by atoms with E-state index in [0.29, 0.717) is 11.3 Å². The number of aliphatic hydroxyl groups is 1. The molecule has 20 heavy (non-hydrogen) atoms. The number of rotatable bonds is 5. The highest BCUT2D eigenvalue weighted by Gasteiger charge is 2.38. The number of sulfonamides is 1. The number of benzene rings is 1. The van der Waals surface area contributed by atoms with Crippen LogP contribution in [-0.4, -0.2) is 36.5 Å². The van der Waals surface area contributed by atoms with Crippen molar-refractivity contribution >= 4 is 10.0 Å². The van der Waals surface area contributed by atoms with Crippen molar-refractivity contribution in [2.24, 2.45) is 0 Å². The van der Waals surface area contributed by atoms with Gasteiger partial charge < -0.3 is 5.11 Å². The van der Waals surface area contributed by atoms with Crippen LogP contribution in [0, 0.1) is 0 Å². The molecule has 2 unspecified atom stereocenters. The smallest absolute Gasteiger partial charge is 0.243 e. The fourth-order valence-electron chi connectivity index (χ4n) is 2.94. The Bertz CT molecular complexity index is 539. The molecule has 1 aromatic carbocycles. The number of aliphatic hydroxyl groups excluding tert-OH is 1. The van der Waals surface area contributed by atoms with Gasteiger partial charge in [0.25, 0.3) is 0 Å². The minimum Gasteiger partial charge on any atom is -0.396 e. The summed E-state index contributed by atoms with van der Waals surface area (Å²) in [7, 11) is -3.41. The highest BCUT2D eigenvalue weighted by Crippen LogP contribution is 2.32. The first-order valence-electron chi connectivity index (χ1n) is 7.24. The van der Waals surface area contributed by atoms with Gasteiger partial charge >= 0.3 is 0 Å². The Kier molecular flexibility index (Phi) is 4.83. The lowest BCUT2D eigenvalue weighted by molar-refractivity contribution is 0.299. The third kappa shape index (κ3) is 2.90. The van der Waals surface area contributed by atoms with Gasteiger partial charge in [0, 0.05) is 18.7 Å². The van der Waals surface area contributed by atoms with Crippen molar-refractivity contribution in [1.29, 1.82) is 0 Å². The van der Waals surface area contributed by atoms with E-state index in [0.717, 1.165) is 24.8 Å². The van der Waals surface area contributed by atoms with Gasteiger partial charge in [-0.2, -0.15) is 4.31 Å². The van der Waals surface area contributed by atoms with Crippen molar-refractivity contribution in [2.75, 3.05) is 6.61 Å². The molecular formula is C15H23NO3S. The Labute approximate surface area is 121 Å². The van der Waals surface area contributed by atoms with E-state index < -0.39 is 10.0 Å². The van der Waals surface area contributed by atoms with Crippen LogP contribution in [0.25, 0.3) is 0 Å². The molecule has 0 aromatic heterocycles. The van der Waals surface area contributed by atoms with E-state index in [4.69, 9.17) is 5.11 Å². The van der Waals surface area contributed by atoms with Crippen molar-refractivity contribution < 1.29 is 13.5 Å². The van der Waals surface area contributed by atoms with Gasteiger partial charge in [-0.3, -0.25) is 0 Å². The Balaban J connectivity index is 2.29. The number of hydrogen-bond acceptors (Lipinski definition) is 3. The Morgan fingerprint density at radius 1 is 1.25 bits per heavy atom. The molecule has 4 nitrogen and oxygen atoms in total. The molecule has 1 fully saturated rings. The summed E-state index contributed by atoms with van der Waals surface area (Å²) in [5, 5.41) is 8.90. The standard InChI is InChI=1S/C15H23NO3S/c1-3-14-7-4-12(2)16(14)20(18,19)15-8-5-13(6-9-15)10-11-17/h5-6,8-9,12,14,17H,3-4,7,10-11H2,1-2H3. The SMILES string of the molecule is CCC1CCC(C)N1S(=O)(=O)c1ccc(CCO)cc1. The third-order valence-corrected chi connectivity index (χ3v) is 6.16. The average molecular weight is 297 g/mol. The highest BCUT2D eigenvalue weighted by atomic mass is 32.2. The van der Waals surface area contributed by atoms with E-state index in [1.807, 2.05) is 13.8 Å². The largest absolute Gasteiger partial charge is 0.396 e. The van der Waals surface area contributed by atoms with Crippen LogP contribution in [0.2, 0.25) is 0 Å². The summed E-state index contributed by atoms with van der Waals surface area (Å²) in [6.45, 7) is 4.09. The second-order valence-electron chi connectivity index (χ2n) is 5.44. The summed E-state index contributed by atoms with van der Waals surface area (Å²) in [5.74, 6) is 0. The van der Waals surface area contributed by atoms with Crippen LogP contribution in [0.15, 0.2) is 29.2 Å². The lowest BCUT2D eigenvalue weighted by Crippen LogP contribution is -2.39. The zero-order valence-electron chi connectivity index (χ0n) is 12.1. The fraction of sp³-hybridized carbons (Fsp3) is 0.600. The molecule has 1 saturated heterocycles. The zero-order valence-corrected chi connectivity index (χ0v) is 12.9. The maximum Gasteiger partial charge on any atom is 0.243 e. The summed E-state index contributed by atoms with van der Waals surface area (Å²) in [4.78, 5) is 0.353. The van der Waals surface area contributed by atoms with Gasteiger partial charge in [-0.05, 0) is 50.3 Å². The molecule has 0 spiro atoms. The van der Waals surface area contributed by atoms with Gasteiger partial charge in [-0.25, -0.2) is 8.42 Å². The predicted octanol–water partition coefficient (Wildman–Crippen LogP) is 2.17. The molecule has 2 rings (SSSR count). The Morgan fingerprint density at radius 2 is 1.90 bits per heavy atom. The van der Waals surface area contributed by atoms with Gasteiger partial charge in [0.1, 0.15) is 0 Å². The topological polar surface area (TPSA) is 57.6 Å². The van der Waals surface area contributed by atoms with Gasteiger partial charge in [0.2, 0.25) is 10.0 Å².